The molecule has 0 atom stereocenters. The van der Waals surface area contributed by atoms with Gasteiger partial charge in [-0.1, -0.05) is 30.3 Å². The molecule has 5 nitrogen and oxygen atoms in total. The Morgan fingerprint density at radius 1 is 1.10 bits per heavy atom. The summed E-state index contributed by atoms with van der Waals surface area (Å²) in [5.74, 6) is -0.274. The summed E-state index contributed by atoms with van der Waals surface area (Å²) >= 11 is 0. The molecule has 0 aliphatic heterocycles. The van der Waals surface area contributed by atoms with Crippen LogP contribution in [0.3, 0.4) is 0 Å². The molecule has 0 aliphatic carbocycles. The maximum Gasteiger partial charge on any atom is 0.315 e. The van der Waals surface area contributed by atoms with Crippen LogP contribution in [0.1, 0.15) is 26.3 Å². The largest absolute Gasteiger partial charge is 0.463 e. The zero-order valence-corrected chi connectivity index (χ0v) is 12.2. The van der Waals surface area contributed by atoms with Crippen molar-refractivity contribution in [3.05, 3.63) is 35.9 Å². The molecule has 2 amide bonds. The van der Waals surface area contributed by atoms with Gasteiger partial charge in [0.15, 0.2) is 0 Å². The zero-order valence-electron chi connectivity index (χ0n) is 12.2. The highest BCUT2D eigenvalue weighted by Crippen LogP contribution is 2.14. The van der Waals surface area contributed by atoms with Crippen LogP contribution in [0, 0.1) is 5.41 Å². The average Bonchev–Trinajstić information content (AvgIpc) is 2.41. The first-order valence-electron chi connectivity index (χ1n) is 6.62. The summed E-state index contributed by atoms with van der Waals surface area (Å²) in [7, 11) is 0. The highest BCUT2D eigenvalue weighted by atomic mass is 16.5. The van der Waals surface area contributed by atoms with Gasteiger partial charge in [0.2, 0.25) is 0 Å². The fourth-order valence-electron chi connectivity index (χ4n) is 1.37. The number of urea groups is 1. The monoisotopic (exact) mass is 278 g/mol. The van der Waals surface area contributed by atoms with Crippen molar-refractivity contribution < 1.29 is 14.3 Å². The minimum atomic E-state index is -0.518. The van der Waals surface area contributed by atoms with Gasteiger partial charge in [0, 0.05) is 6.54 Å². The SMILES string of the molecule is CC(C)(C)C(=O)OCCNC(=O)NCc1ccccc1. The second-order valence-electron chi connectivity index (χ2n) is 5.48. The highest BCUT2D eigenvalue weighted by Gasteiger charge is 2.22. The highest BCUT2D eigenvalue weighted by molar-refractivity contribution is 5.75. The number of ether oxygens (including phenoxy) is 1. The lowest BCUT2D eigenvalue weighted by atomic mass is 9.97. The molecule has 0 radical (unpaired) electrons. The Morgan fingerprint density at radius 2 is 1.75 bits per heavy atom. The lowest BCUT2D eigenvalue weighted by Gasteiger charge is -2.16. The molecule has 1 aromatic carbocycles. The van der Waals surface area contributed by atoms with E-state index in [1.54, 1.807) is 20.8 Å². The van der Waals surface area contributed by atoms with Gasteiger partial charge >= 0.3 is 12.0 Å². The average molecular weight is 278 g/mol. The van der Waals surface area contributed by atoms with Crippen molar-refractivity contribution in [3.8, 4) is 0 Å². The quantitative estimate of drug-likeness (QED) is 0.640. The standard InChI is InChI=1S/C15H22N2O3/c1-15(2,3)13(18)20-10-9-16-14(19)17-11-12-7-5-4-6-8-12/h4-8H,9-11H2,1-3H3,(H2,16,17,19). The summed E-state index contributed by atoms with van der Waals surface area (Å²) in [6.45, 7) is 6.30. The van der Waals surface area contributed by atoms with Crippen molar-refractivity contribution in [1.29, 1.82) is 0 Å². The van der Waals surface area contributed by atoms with Crippen molar-refractivity contribution >= 4 is 12.0 Å². The third-order valence-corrected chi connectivity index (χ3v) is 2.53. The summed E-state index contributed by atoms with van der Waals surface area (Å²) in [5, 5.41) is 5.36. The molecule has 1 rings (SSSR count). The molecule has 0 fully saturated rings. The molecule has 0 unspecified atom stereocenters. The zero-order chi connectivity index (χ0) is 15.0. The van der Waals surface area contributed by atoms with E-state index in [1.165, 1.54) is 0 Å². The third-order valence-electron chi connectivity index (χ3n) is 2.53. The predicted molar refractivity (Wildman–Crippen MR) is 77.1 cm³/mol. The predicted octanol–water partition coefficient (Wildman–Crippen LogP) is 2.08. The number of nitrogens with one attached hydrogen (secondary N) is 2. The van der Waals surface area contributed by atoms with Crippen molar-refractivity contribution in [2.75, 3.05) is 13.2 Å². The second-order valence-corrected chi connectivity index (χ2v) is 5.48. The number of benzene rings is 1. The molecule has 0 saturated heterocycles. The molecule has 20 heavy (non-hydrogen) atoms. The number of hydrogen-bond acceptors (Lipinski definition) is 3. The summed E-state index contributed by atoms with van der Waals surface area (Å²) in [4.78, 5) is 23.0. The molecule has 0 bridgehead atoms. The van der Waals surface area contributed by atoms with E-state index in [4.69, 9.17) is 4.74 Å². The molecule has 110 valence electrons. The van der Waals surface area contributed by atoms with Crippen LogP contribution in [0.15, 0.2) is 30.3 Å². The van der Waals surface area contributed by atoms with Gasteiger partial charge in [-0.05, 0) is 26.3 Å². The number of rotatable bonds is 5. The summed E-state index contributed by atoms with van der Waals surface area (Å²) in [6.07, 6.45) is 0. The van der Waals surface area contributed by atoms with E-state index < -0.39 is 5.41 Å². The summed E-state index contributed by atoms with van der Waals surface area (Å²) < 4.78 is 5.04. The van der Waals surface area contributed by atoms with Crippen molar-refractivity contribution in [1.82, 2.24) is 10.6 Å². The first kappa shape index (κ1) is 16.0. The van der Waals surface area contributed by atoms with Crippen LogP contribution in [-0.2, 0) is 16.1 Å². The van der Waals surface area contributed by atoms with Gasteiger partial charge in [-0.25, -0.2) is 4.79 Å². The van der Waals surface area contributed by atoms with Crippen LogP contribution in [-0.4, -0.2) is 25.2 Å². The van der Waals surface area contributed by atoms with Crippen LogP contribution in [0.5, 0.6) is 0 Å². The van der Waals surface area contributed by atoms with Crippen molar-refractivity contribution in [3.63, 3.8) is 0 Å². The molecule has 5 heteroatoms. The van der Waals surface area contributed by atoms with Crippen LogP contribution in [0.4, 0.5) is 4.79 Å². The number of carbonyl (C=O) groups excluding carboxylic acids is 2. The number of carbonyl (C=O) groups is 2. The molecule has 0 saturated carbocycles. The van der Waals surface area contributed by atoms with Gasteiger partial charge in [0.25, 0.3) is 0 Å². The third kappa shape index (κ3) is 6.22. The molecular formula is C15H22N2O3. The Hall–Kier alpha value is -2.04. The minimum Gasteiger partial charge on any atom is -0.463 e. The van der Waals surface area contributed by atoms with E-state index >= 15 is 0 Å². The fourth-order valence-corrected chi connectivity index (χ4v) is 1.37. The van der Waals surface area contributed by atoms with Gasteiger partial charge in [-0.2, -0.15) is 0 Å². The molecular weight excluding hydrogens is 256 g/mol. The normalized spacial score (nSPS) is 10.8. The lowest BCUT2D eigenvalue weighted by molar-refractivity contribution is -0.152. The molecule has 0 heterocycles. The van der Waals surface area contributed by atoms with Gasteiger partial charge in [0.05, 0.1) is 12.0 Å². The van der Waals surface area contributed by atoms with Crippen molar-refractivity contribution in [2.45, 2.75) is 27.3 Å². The van der Waals surface area contributed by atoms with E-state index in [1.807, 2.05) is 30.3 Å². The van der Waals surface area contributed by atoms with Crippen LogP contribution >= 0.6 is 0 Å². The molecule has 0 spiro atoms. The Bertz CT molecular complexity index is 438. The minimum absolute atomic E-state index is 0.175. The van der Waals surface area contributed by atoms with E-state index in [2.05, 4.69) is 10.6 Å². The second kappa shape index (κ2) is 7.53. The molecule has 0 aromatic heterocycles. The van der Waals surface area contributed by atoms with E-state index in [-0.39, 0.29) is 18.6 Å². The molecule has 0 aliphatic rings. The van der Waals surface area contributed by atoms with Gasteiger partial charge < -0.3 is 15.4 Å². The number of amides is 2. The van der Waals surface area contributed by atoms with E-state index in [0.717, 1.165) is 5.56 Å². The lowest BCUT2D eigenvalue weighted by Crippen LogP contribution is -2.37. The van der Waals surface area contributed by atoms with Gasteiger partial charge in [-0.15, -0.1) is 0 Å². The number of hydrogen-bond donors (Lipinski definition) is 2. The Kier molecular flexibility index (Phi) is 6.03. The first-order valence-corrected chi connectivity index (χ1v) is 6.62. The van der Waals surface area contributed by atoms with Crippen LogP contribution < -0.4 is 10.6 Å². The van der Waals surface area contributed by atoms with E-state index in [9.17, 15) is 9.59 Å². The molecule has 2 N–H and O–H groups in total. The Balaban J connectivity index is 2.13. The Morgan fingerprint density at radius 3 is 2.35 bits per heavy atom. The number of esters is 1. The maximum absolute atomic E-state index is 11.5. The summed E-state index contributed by atoms with van der Waals surface area (Å²) in [5.41, 5.74) is 0.511. The smallest absolute Gasteiger partial charge is 0.315 e. The Labute approximate surface area is 119 Å². The van der Waals surface area contributed by atoms with Crippen molar-refractivity contribution in [2.24, 2.45) is 5.41 Å². The topological polar surface area (TPSA) is 67.4 Å². The summed E-state index contributed by atoms with van der Waals surface area (Å²) in [6, 6.07) is 9.35. The maximum atomic E-state index is 11.5. The van der Waals surface area contributed by atoms with Gasteiger partial charge in [0.1, 0.15) is 6.61 Å². The molecule has 1 aromatic rings. The fraction of sp³-hybridized carbons (Fsp3) is 0.467. The van der Waals surface area contributed by atoms with Crippen LogP contribution in [0.2, 0.25) is 0 Å². The van der Waals surface area contributed by atoms with Crippen LogP contribution in [0.25, 0.3) is 0 Å². The van der Waals surface area contributed by atoms with E-state index in [0.29, 0.717) is 13.1 Å². The first-order chi connectivity index (χ1) is 9.39. The van der Waals surface area contributed by atoms with Gasteiger partial charge in [-0.3, -0.25) is 4.79 Å².